The van der Waals surface area contributed by atoms with Gasteiger partial charge in [-0.05, 0) is 33.3 Å². The molecule has 26 heavy (non-hydrogen) atoms. The lowest BCUT2D eigenvalue weighted by Crippen LogP contribution is -2.28. The number of ether oxygens (including phenoxy) is 3. The summed E-state index contributed by atoms with van der Waals surface area (Å²) in [6.45, 7) is 5.47. The Balaban J connectivity index is 2.31. The van der Waals surface area contributed by atoms with Crippen LogP contribution in [0.15, 0.2) is 23.3 Å². The number of benzene rings is 1. The van der Waals surface area contributed by atoms with Gasteiger partial charge in [0, 0.05) is 11.9 Å². The Labute approximate surface area is 156 Å². The van der Waals surface area contributed by atoms with Crippen LogP contribution in [0.3, 0.4) is 0 Å². The molecule has 0 fully saturated rings. The van der Waals surface area contributed by atoms with E-state index >= 15 is 0 Å². The van der Waals surface area contributed by atoms with Gasteiger partial charge in [-0.25, -0.2) is 4.98 Å². The molecule has 1 heterocycles. The van der Waals surface area contributed by atoms with Crippen LogP contribution in [0.25, 0.3) is 10.9 Å². The van der Waals surface area contributed by atoms with Crippen molar-refractivity contribution in [2.45, 2.75) is 33.9 Å². The first kappa shape index (κ1) is 20.0. The molecule has 1 aromatic carbocycles. The van der Waals surface area contributed by atoms with Crippen LogP contribution in [0.1, 0.15) is 27.2 Å². The quantitative estimate of drug-likeness (QED) is 0.416. The van der Waals surface area contributed by atoms with Gasteiger partial charge in [-0.2, -0.15) is 0 Å². The second-order valence-corrected chi connectivity index (χ2v) is 7.12. The van der Waals surface area contributed by atoms with Crippen LogP contribution in [0.4, 0.5) is 0 Å². The standard InChI is InChI=1S/C18H23ClN2O5/c1-18(2,3)17(23)26-11-21-10-20-13-9-15(25-7-5-6-19)14(24-4)8-12(13)16(21)22/h8-10H,5-7,11H2,1-4H3. The summed E-state index contributed by atoms with van der Waals surface area (Å²) < 4.78 is 17.4. The summed E-state index contributed by atoms with van der Waals surface area (Å²) >= 11 is 5.65. The van der Waals surface area contributed by atoms with Crippen LogP contribution in [0.2, 0.25) is 0 Å². The second-order valence-electron chi connectivity index (χ2n) is 6.74. The molecule has 0 aliphatic heterocycles. The highest BCUT2D eigenvalue weighted by atomic mass is 35.5. The summed E-state index contributed by atoms with van der Waals surface area (Å²) in [5.41, 5.74) is -0.510. The summed E-state index contributed by atoms with van der Waals surface area (Å²) in [5.74, 6) is 1.01. The van der Waals surface area contributed by atoms with Crippen LogP contribution in [0.5, 0.6) is 11.5 Å². The Morgan fingerprint density at radius 2 is 2.00 bits per heavy atom. The molecule has 0 bridgehead atoms. The van der Waals surface area contributed by atoms with Gasteiger partial charge in [0.2, 0.25) is 0 Å². The highest BCUT2D eigenvalue weighted by molar-refractivity contribution is 6.17. The topological polar surface area (TPSA) is 79.7 Å². The zero-order chi connectivity index (χ0) is 19.3. The van der Waals surface area contributed by atoms with Crippen molar-refractivity contribution < 1.29 is 19.0 Å². The van der Waals surface area contributed by atoms with E-state index in [1.807, 2.05) is 0 Å². The SMILES string of the molecule is COc1cc2c(=O)n(COC(=O)C(C)(C)C)cnc2cc1OCCCCl. The largest absolute Gasteiger partial charge is 0.493 e. The van der Waals surface area contributed by atoms with E-state index in [2.05, 4.69) is 4.98 Å². The fraction of sp³-hybridized carbons (Fsp3) is 0.500. The zero-order valence-electron chi connectivity index (χ0n) is 15.4. The Bertz CT molecular complexity index is 842. The van der Waals surface area contributed by atoms with Gasteiger partial charge in [0.1, 0.15) is 6.33 Å². The maximum atomic E-state index is 12.6. The molecule has 0 unspecified atom stereocenters. The molecule has 0 atom stereocenters. The molecule has 0 N–H and O–H groups in total. The third kappa shape index (κ3) is 4.66. The number of aromatic nitrogens is 2. The number of hydrogen-bond donors (Lipinski definition) is 0. The predicted octanol–water partition coefficient (Wildman–Crippen LogP) is 2.96. The van der Waals surface area contributed by atoms with Crippen molar-refractivity contribution in [2.24, 2.45) is 5.41 Å². The van der Waals surface area contributed by atoms with Crippen LogP contribution < -0.4 is 15.0 Å². The second kappa shape index (κ2) is 8.40. The number of halogens is 1. The molecule has 0 saturated heterocycles. The maximum Gasteiger partial charge on any atom is 0.312 e. The van der Waals surface area contributed by atoms with Gasteiger partial charge in [0.25, 0.3) is 5.56 Å². The lowest BCUT2D eigenvalue weighted by molar-refractivity contribution is -0.157. The molecule has 0 radical (unpaired) electrons. The number of methoxy groups -OCH3 is 1. The van der Waals surface area contributed by atoms with E-state index in [0.29, 0.717) is 41.3 Å². The number of carbonyl (C=O) groups is 1. The van der Waals surface area contributed by atoms with Gasteiger partial charge >= 0.3 is 5.97 Å². The summed E-state index contributed by atoms with van der Waals surface area (Å²) in [6.07, 6.45) is 2.03. The normalized spacial score (nSPS) is 11.4. The molecule has 0 spiro atoms. The Morgan fingerprint density at radius 1 is 1.27 bits per heavy atom. The molecule has 142 valence electrons. The first-order chi connectivity index (χ1) is 12.3. The minimum absolute atomic E-state index is 0.200. The first-order valence-corrected chi connectivity index (χ1v) is 8.74. The third-order valence-corrected chi connectivity index (χ3v) is 3.86. The van der Waals surface area contributed by atoms with Gasteiger partial charge in [-0.3, -0.25) is 14.2 Å². The number of alkyl halides is 1. The first-order valence-electron chi connectivity index (χ1n) is 8.21. The smallest absolute Gasteiger partial charge is 0.312 e. The monoisotopic (exact) mass is 382 g/mol. The van der Waals surface area contributed by atoms with E-state index in [1.165, 1.54) is 18.0 Å². The van der Waals surface area contributed by atoms with E-state index in [1.54, 1.807) is 32.9 Å². The van der Waals surface area contributed by atoms with Crippen LogP contribution in [-0.2, 0) is 16.3 Å². The molecular formula is C18H23ClN2O5. The van der Waals surface area contributed by atoms with Crippen molar-refractivity contribution in [1.82, 2.24) is 9.55 Å². The summed E-state index contributed by atoms with van der Waals surface area (Å²) in [7, 11) is 1.50. The molecule has 0 aliphatic rings. The van der Waals surface area contributed by atoms with E-state index in [4.69, 9.17) is 25.8 Å². The summed E-state index contributed by atoms with van der Waals surface area (Å²) in [4.78, 5) is 28.8. The van der Waals surface area contributed by atoms with E-state index < -0.39 is 11.4 Å². The van der Waals surface area contributed by atoms with Crippen LogP contribution in [-0.4, -0.2) is 35.1 Å². The van der Waals surface area contributed by atoms with E-state index in [-0.39, 0.29) is 12.3 Å². The lowest BCUT2D eigenvalue weighted by atomic mass is 9.98. The molecule has 0 saturated carbocycles. The minimum Gasteiger partial charge on any atom is -0.493 e. The van der Waals surface area contributed by atoms with E-state index in [9.17, 15) is 9.59 Å². The van der Waals surface area contributed by atoms with Crippen molar-refractivity contribution in [2.75, 3.05) is 19.6 Å². The van der Waals surface area contributed by atoms with Crippen molar-refractivity contribution >= 4 is 28.5 Å². The highest BCUT2D eigenvalue weighted by Gasteiger charge is 2.23. The average molecular weight is 383 g/mol. The molecule has 2 aromatic rings. The highest BCUT2D eigenvalue weighted by Crippen LogP contribution is 2.30. The number of fused-ring (bicyclic) bond motifs is 1. The van der Waals surface area contributed by atoms with Crippen molar-refractivity contribution in [3.05, 3.63) is 28.8 Å². The number of rotatable bonds is 7. The van der Waals surface area contributed by atoms with Gasteiger partial charge in [-0.15, -0.1) is 11.6 Å². The number of hydrogen-bond acceptors (Lipinski definition) is 6. The fourth-order valence-corrected chi connectivity index (χ4v) is 2.22. The lowest BCUT2D eigenvalue weighted by Gasteiger charge is -2.17. The molecule has 2 rings (SSSR count). The maximum absolute atomic E-state index is 12.6. The molecule has 1 aromatic heterocycles. The number of esters is 1. The van der Waals surface area contributed by atoms with Gasteiger partial charge in [0.05, 0.1) is 30.0 Å². The number of nitrogens with zero attached hydrogens (tertiary/aromatic N) is 2. The zero-order valence-corrected chi connectivity index (χ0v) is 16.1. The average Bonchev–Trinajstić information content (AvgIpc) is 2.60. The van der Waals surface area contributed by atoms with Crippen molar-refractivity contribution in [1.29, 1.82) is 0 Å². The van der Waals surface area contributed by atoms with Crippen LogP contribution in [0, 0.1) is 5.41 Å². The molecular weight excluding hydrogens is 360 g/mol. The summed E-state index contributed by atoms with van der Waals surface area (Å²) in [6, 6.07) is 3.22. The van der Waals surface area contributed by atoms with Gasteiger partial charge in [-0.1, -0.05) is 0 Å². The fourth-order valence-electron chi connectivity index (χ4n) is 2.11. The van der Waals surface area contributed by atoms with Gasteiger partial charge in [0.15, 0.2) is 18.2 Å². The predicted molar refractivity (Wildman–Crippen MR) is 98.9 cm³/mol. The minimum atomic E-state index is -0.646. The summed E-state index contributed by atoms with van der Waals surface area (Å²) in [5, 5.41) is 0.348. The molecule has 7 nitrogen and oxygen atoms in total. The Kier molecular flexibility index (Phi) is 6.47. The number of carbonyl (C=O) groups excluding carboxylic acids is 1. The molecule has 8 heteroatoms. The van der Waals surface area contributed by atoms with Gasteiger partial charge < -0.3 is 14.2 Å². The van der Waals surface area contributed by atoms with E-state index in [0.717, 1.165) is 0 Å². The van der Waals surface area contributed by atoms with Crippen LogP contribution >= 0.6 is 11.6 Å². The third-order valence-electron chi connectivity index (χ3n) is 3.59. The van der Waals surface area contributed by atoms with Crippen molar-refractivity contribution in [3.63, 3.8) is 0 Å². The van der Waals surface area contributed by atoms with Crippen molar-refractivity contribution in [3.8, 4) is 11.5 Å². The molecule has 0 amide bonds. The Morgan fingerprint density at radius 3 is 2.62 bits per heavy atom. The Hall–Kier alpha value is -2.28. The molecule has 0 aliphatic carbocycles.